The molecule has 1 rings (SSSR count). The van der Waals surface area contributed by atoms with Gasteiger partial charge < -0.3 is 5.21 Å². The first kappa shape index (κ1) is 4.09. The van der Waals surface area contributed by atoms with Crippen molar-refractivity contribution in [1.82, 2.24) is 4.73 Å². The number of hydrogen-bond donors (Lipinski definition) is 1. The number of pyridine rings is 1. The Morgan fingerprint density at radius 3 is 3.12 bits per heavy atom. The molecule has 0 unspecified atom stereocenters. The van der Waals surface area contributed by atoms with E-state index < -0.39 is 0 Å². The van der Waals surface area contributed by atoms with Crippen LogP contribution in [0, 0.1) is 4.64 Å². The third-order valence-corrected chi connectivity index (χ3v) is 1.10. The zero-order chi connectivity index (χ0) is 6.69. The van der Waals surface area contributed by atoms with Crippen molar-refractivity contribution in [1.29, 1.82) is 0 Å². The summed E-state index contributed by atoms with van der Waals surface area (Å²) < 4.78 is 8.16. The van der Waals surface area contributed by atoms with Crippen molar-refractivity contribution < 1.29 is 6.64 Å². The van der Waals surface area contributed by atoms with Crippen LogP contribution in [-0.2, 0) is 0 Å². The highest BCUT2D eigenvalue weighted by atomic mass is 32.1. The molecule has 0 aliphatic carbocycles. The number of hydrogen-bond acceptors (Lipinski definition) is 2. The van der Waals surface area contributed by atoms with Crippen LogP contribution in [0.3, 0.4) is 0 Å². The summed E-state index contributed by atoms with van der Waals surface area (Å²) in [5.74, 6) is 0. The van der Waals surface area contributed by atoms with Gasteiger partial charge in [0, 0.05) is 6.20 Å². The maximum absolute atomic E-state index is 6.48. The van der Waals surface area contributed by atoms with E-state index in [0.29, 0.717) is 4.64 Å². The minimum absolute atomic E-state index is 0.493. The molecule has 0 radical (unpaired) electrons. The summed E-state index contributed by atoms with van der Waals surface area (Å²) in [5.41, 5.74) is 0. The summed E-state index contributed by atoms with van der Waals surface area (Å²) in [6.45, 7) is 0. The first-order chi connectivity index (χ1) is 4.34. The van der Waals surface area contributed by atoms with Crippen LogP contribution in [0.1, 0.15) is 0 Å². The van der Waals surface area contributed by atoms with Gasteiger partial charge in [-0.1, -0.05) is 18.3 Å². The predicted molar refractivity (Wildman–Crippen MR) is 32.5 cm³/mol. The van der Waals surface area contributed by atoms with Crippen LogP contribution in [0.15, 0.2) is 24.4 Å². The van der Waals surface area contributed by atoms with Crippen LogP contribution in [0.2, 0.25) is 1.43 Å². The van der Waals surface area contributed by atoms with Gasteiger partial charge in [0.25, 0.3) is 0 Å². The van der Waals surface area contributed by atoms with Gasteiger partial charge >= 0.3 is 1.43 Å². The highest BCUT2D eigenvalue weighted by Crippen LogP contribution is 1.86. The molecule has 1 aromatic heterocycles. The molecule has 0 aromatic carbocycles. The molecule has 0 aliphatic heterocycles. The van der Waals surface area contributed by atoms with E-state index in [9.17, 15) is 0 Å². The summed E-state index contributed by atoms with van der Waals surface area (Å²) in [4.78, 5) is 0. The maximum atomic E-state index is 6.48. The monoisotopic (exact) mass is 128 g/mol. The molecular weight excluding hydrogens is 122 g/mol. The normalized spacial score (nSPS) is 10.2. The SMILES string of the molecule is [2H]On1ccccc1=S. The van der Waals surface area contributed by atoms with Crippen molar-refractivity contribution in [2.24, 2.45) is 0 Å². The molecule has 1 N–H and O–H groups in total. The molecular formula is C5H5NOS. The summed E-state index contributed by atoms with van der Waals surface area (Å²) >= 11 is 4.77. The van der Waals surface area contributed by atoms with Crippen LogP contribution in [0.25, 0.3) is 0 Å². The third-order valence-electron chi connectivity index (χ3n) is 0.789. The Morgan fingerprint density at radius 2 is 2.62 bits per heavy atom. The zero-order valence-corrected chi connectivity index (χ0v) is 4.89. The van der Waals surface area contributed by atoms with Gasteiger partial charge in [-0.25, -0.2) is 0 Å². The van der Waals surface area contributed by atoms with Gasteiger partial charge in [-0.3, -0.25) is 0 Å². The summed E-state index contributed by atoms with van der Waals surface area (Å²) in [5, 5.41) is 4.11. The van der Waals surface area contributed by atoms with Crippen LogP contribution in [0.5, 0.6) is 0 Å². The van der Waals surface area contributed by atoms with E-state index in [4.69, 9.17) is 13.6 Å². The molecule has 42 valence electrons. The Hall–Kier alpha value is -0.830. The minimum Gasteiger partial charge on any atom is -0.428 e. The number of rotatable bonds is 1. The average molecular weight is 128 g/mol. The topological polar surface area (TPSA) is 25.2 Å². The second kappa shape index (κ2) is 1.96. The molecule has 0 amide bonds. The lowest BCUT2D eigenvalue weighted by atomic mass is 10.5. The van der Waals surface area contributed by atoms with Crippen molar-refractivity contribution in [2.45, 2.75) is 0 Å². The molecule has 2 nitrogen and oxygen atoms in total. The average Bonchev–Trinajstić information content (AvgIpc) is 1.89. The molecule has 0 atom stereocenters. The largest absolute Gasteiger partial charge is 0.428 e. The third kappa shape index (κ3) is 0.869. The van der Waals surface area contributed by atoms with Gasteiger partial charge in [0.15, 0.2) is 0 Å². The van der Waals surface area contributed by atoms with Crippen LogP contribution in [0.4, 0.5) is 0 Å². The molecule has 8 heavy (non-hydrogen) atoms. The van der Waals surface area contributed by atoms with Gasteiger partial charge in [-0.15, -0.1) is 0 Å². The van der Waals surface area contributed by atoms with E-state index in [1.807, 2.05) is 0 Å². The Balaban J connectivity index is 3.16. The molecule has 0 aliphatic rings. The molecule has 0 saturated carbocycles. The smallest absolute Gasteiger partial charge is 0.327 e. The summed E-state index contributed by atoms with van der Waals surface area (Å²) in [7, 11) is 0. The Labute approximate surface area is 53.5 Å². The predicted octanol–water partition coefficient (Wildman–Crippen LogP) is 1.45. The van der Waals surface area contributed by atoms with Gasteiger partial charge in [-0.2, -0.15) is 4.73 Å². The Morgan fingerprint density at radius 1 is 1.75 bits per heavy atom. The molecule has 1 aromatic rings. The van der Waals surface area contributed by atoms with Gasteiger partial charge in [0.05, 0.1) is 0 Å². The first-order valence-electron chi connectivity index (χ1n) is 2.57. The standard InChI is InChI=1S/C5H5NOS/c7-6-4-2-1-3-5(6)8/h1-4,7H/i7D. The highest BCUT2D eigenvalue weighted by Gasteiger charge is 1.77. The quantitative estimate of drug-likeness (QED) is 0.457. The second-order valence-electron chi connectivity index (χ2n) is 1.36. The van der Waals surface area contributed by atoms with Crippen LogP contribution >= 0.6 is 12.2 Å². The van der Waals surface area contributed by atoms with E-state index in [2.05, 4.69) is 5.21 Å². The Kier molecular flexibility index (Phi) is 1.00. The van der Waals surface area contributed by atoms with Crippen LogP contribution in [-0.4, -0.2) is 9.94 Å². The Bertz CT molecular complexity index is 247. The van der Waals surface area contributed by atoms with Crippen molar-refractivity contribution >= 4 is 12.2 Å². The molecule has 0 spiro atoms. The van der Waals surface area contributed by atoms with Gasteiger partial charge in [0.2, 0.25) is 0 Å². The maximum Gasteiger partial charge on any atom is 0.327 e. The fourth-order valence-electron chi connectivity index (χ4n) is 0.413. The second-order valence-corrected chi connectivity index (χ2v) is 1.78. The van der Waals surface area contributed by atoms with E-state index >= 15 is 0 Å². The lowest BCUT2D eigenvalue weighted by Crippen LogP contribution is -1.89. The molecule has 3 heteroatoms. The lowest BCUT2D eigenvalue weighted by molar-refractivity contribution is 0.180. The van der Waals surface area contributed by atoms with E-state index in [0.717, 1.165) is 0 Å². The highest BCUT2D eigenvalue weighted by molar-refractivity contribution is 7.71. The summed E-state index contributed by atoms with van der Waals surface area (Å²) in [6.07, 6.45) is 1.58. The molecule has 1 heterocycles. The first-order valence-corrected chi connectivity index (χ1v) is 2.57. The van der Waals surface area contributed by atoms with Crippen molar-refractivity contribution in [2.75, 3.05) is 0 Å². The number of aromatic nitrogens is 1. The zero-order valence-electron chi connectivity index (χ0n) is 5.07. The molecule has 0 saturated heterocycles. The van der Waals surface area contributed by atoms with Crippen molar-refractivity contribution in [3.63, 3.8) is 0 Å². The van der Waals surface area contributed by atoms with E-state index in [1.54, 1.807) is 24.4 Å². The van der Waals surface area contributed by atoms with Crippen molar-refractivity contribution in [3.8, 4) is 0 Å². The van der Waals surface area contributed by atoms with E-state index in [-0.39, 0.29) is 0 Å². The number of nitrogens with zero attached hydrogens (tertiary/aromatic N) is 1. The minimum atomic E-state index is 0.493. The van der Waals surface area contributed by atoms with Gasteiger partial charge in [0.1, 0.15) is 4.64 Å². The summed E-state index contributed by atoms with van der Waals surface area (Å²) in [6, 6.07) is 5.21. The van der Waals surface area contributed by atoms with Gasteiger partial charge in [-0.05, 0) is 12.1 Å². The fraction of sp³-hybridized carbons (Fsp3) is 0. The van der Waals surface area contributed by atoms with Crippen LogP contribution < -0.4 is 0 Å². The lowest BCUT2D eigenvalue weighted by Gasteiger charge is -1.90. The van der Waals surface area contributed by atoms with Crippen molar-refractivity contribution in [3.05, 3.63) is 29.0 Å². The molecule has 0 fully saturated rings. The van der Waals surface area contributed by atoms with E-state index in [1.165, 1.54) is 4.73 Å². The fourth-order valence-corrected chi connectivity index (χ4v) is 0.552. The molecule has 0 bridgehead atoms.